The number of hydrogen-bond acceptors (Lipinski definition) is 5. The molecular weight excluding hydrogens is 378 g/mol. The van der Waals surface area contributed by atoms with Crippen LogP contribution in [0.15, 0.2) is 23.1 Å². The molecule has 1 aromatic carbocycles. The first kappa shape index (κ1) is 19.1. The van der Waals surface area contributed by atoms with E-state index in [0.717, 1.165) is 12.8 Å². The molecule has 0 radical (unpaired) electrons. The topological polar surface area (TPSA) is 99.5 Å². The fourth-order valence-corrected chi connectivity index (χ4v) is 5.23. The number of hydrogen-bond donors (Lipinski definition) is 1. The summed E-state index contributed by atoms with van der Waals surface area (Å²) in [5.41, 5.74) is -0.726. The third-order valence-corrected chi connectivity index (χ3v) is 7.26. The van der Waals surface area contributed by atoms with Crippen molar-refractivity contribution in [1.82, 2.24) is 4.31 Å². The number of nitrogens with one attached hydrogen (secondary N) is 1. The van der Waals surface area contributed by atoms with Crippen LogP contribution in [0.25, 0.3) is 0 Å². The molecule has 1 saturated heterocycles. The molecule has 1 aromatic rings. The molecule has 0 atom stereocenters. The predicted octanol–water partition coefficient (Wildman–Crippen LogP) is 2.38. The monoisotopic (exact) mass is 397 g/mol. The normalized spacial score (nSPS) is 20.5. The number of carbonyl (C=O) groups is 1. The first-order valence-corrected chi connectivity index (χ1v) is 10.3. The minimum absolute atomic E-state index is 0.0590. The van der Waals surface area contributed by atoms with E-state index >= 15 is 0 Å². The van der Waals surface area contributed by atoms with Crippen LogP contribution in [0.4, 0.5) is 5.69 Å². The van der Waals surface area contributed by atoms with Crippen LogP contribution in [0, 0.1) is 16.7 Å². The van der Waals surface area contributed by atoms with Gasteiger partial charge in [-0.05, 0) is 31.0 Å². The van der Waals surface area contributed by atoms with Crippen LogP contribution in [0.5, 0.6) is 0 Å². The Kier molecular flexibility index (Phi) is 5.53. The lowest BCUT2D eigenvalue weighted by Crippen LogP contribution is -2.40. The van der Waals surface area contributed by atoms with Gasteiger partial charge >= 0.3 is 0 Å². The SMILES string of the molecule is N#CC1(C(=O)Nc2ccc(Cl)c(S(=O)(=O)N3CCOCC3)c2)CCCC1. The van der Waals surface area contributed by atoms with E-state index in [1.165, 1.54) is 16.4 Å². The molecule has 1 saturated carbocycles. The molecule has 2 fully saturated rings. The highest BCUT2D eigenvalue weighted by Crippen LogP contribution is 2.39. The molecular formula is C17H20ClN3O4S. The summed E-state index contributed by atoms with van der Waals surface area (Å²) in [6.07, 6.45) is 2.69. The quantitative estimate of drug-likeness (QED) is 0.840. The smallest absolute Gasteiger partial charge is 0.244 e. The Morgan fingerprint density at radius 2 is 1.92 bits per heavy atom. The van der Waals surface area contributed by atoms with E-state index in [2.05, 4.69) is 11.4 Å². The molecule has 0 bridgehead atoms. The van der Waals surface area contributed by atoms with Crippen LogP contribution in [0.3, 0.4) is 0 Å². The van der Waals surface area contributed by atoms with Gasteiger partial charge in [0.25, 0.3) is 0 Å². The molecule has 1 aliphatic carbocycles. The number of rotatable bonds is 4. The zero-order valence-corrected chi connectivity index (χ0v) is 15.8. The Morgan fingerprint density at radius 3 is 2.54 bits per heavy atom. The van der Waals surface area contributed by atoms with Gasteiger partial charge in [-0.3, -0.25) is 4.79 Å². The van der Waals surface area contributed by atoms with E-state index in [-0.39, 0.29) is 23.0 Å². The van der Waals surface area contributed by atoms with Gasteiger partial charge in [0.1, 0.15) is 10.3 Å². The maximum atomic E-state index is 12.8. The Labute approximate surface area is 157 Å². The fraction of sp³-hybridized carbons (Fsp3) is 0.529. The number of nitrogens with zero attached hydrogens (tertiary/aromatic N) is 2. The number of amides is 1. The highest BCUT2D eigenvalue weighted by atomic mass is 35.5. The number of sulfonamides is 1. The maximum Gasteiger partial charge on any atom is 0.244 e. The average molecular weight is 398 g/mol. The standard InChI is InChI=1S/C17H20ClN3O4S/c18-14-4-3-13(20-16(22)17(12-19)5-1-2-6-17)11-15(14)26(23,24)21-7-9-25-10-8-21/h3-4,11H,1-2,5-10H2,(H,20,22). The molecule has 26 heavy (non-hydrogen) atoms. The maximum absolute atomic E-state index is 12.8. The predicted molar refractivity (Wildman–Crippen MR) is 96.2 cm³/mol. The molecule has 0 unspecified atom stereocenters. The van der Waals surface area contributed by atoms with E-state index < -0.39 is 21.3 Å². The van der Waals surface area contributed by atoms with Crippen molar-refractivity contribution in [3.63, 3.8) is 0 Å². The summed E-state index contributed by atoms with van der Waals surface area (Å²) >= 11 is 6.12. The van der Waals surface area contributed by atoms with E-state index in [1.807, 2.05) is 0 Å². The summed E-state index contributed by atoms with van der Waals surface area (Å²) in [5.74, 6) is -0.394. The minimum Gasteiger partial charge on any atom is -0.379 e. The van der Waals surface area contributed by atoms with Gasteiger partial charge in [0.05, 0.1) is 24.3 Å². The summed E-state index contributed by atoms with van der Waals surface area (Å²) < 4.78 is 32.2. The van der Waals surface area contributed by atoms with Crippen molar-refractivity contribution in [3.05, 3.63) is 23.2 Å². The molecule has 1 N–H and O–H groups in total. The lowest BCUT2D eigenvalue weighted by Gasteiger charge is -2.26. The first-order chi connectivity index (χ1) is 12.4. The lowest BCUT2D eigenvalue weighted by molar-refractivity contribution is -0.122. The molecule has 0 aromatic heterocycles. The molecule has 2 aliphatic rings. The molecule has 9 heteroatoms. The summed E-state index contributed by atoms with van der Waals surface area (Å²) in [7, 11) is -3.79. The third kappa shape index (κ3) is 3.58. The number of halogens is 1. The molecule has 1 aliphatic heterocycles. The van der Waals surface area contributed by atoms with Crippen LogP contribution in [-0.4, -0.2) is 44.9 Å². The molecule has 7 nitrogen and oxygen atoms in total. The van der Waals surface area contributed by atoms with Crippen LogP contribution in [-0.2, 0) is 19.6 Å². The fourth-order valence-electron chi connectivity index (χ4n) is 3.32. The van der Waals surface area contributed by atoms with E-state index in [1.54, 1.807) is 6.07 Å². The second-order valence-corrected chi connectivity index (χ2v) is 8.83. The number of carbonyl (C=O) groups excluding carboxylic acids is 1. The van der Waals surface area contributed by atoms with Gasteiger partial charge in [0.2, 0.25) is 15.9 Å². The molecule has 3 rings (SSSR count). The average Bonchev–Trinajstić information content (AvgIpc) is 3.14. The zero-order chi connectivity index (χ0) is 18.8. The van der Waals surface area contributed by atoms with E-state index in [4.69, 9.17) is 16.3 Å². The van der Waals surface area contributed by atoms with E-state index in [0.29, 0.717) is 31.7 Å². The summed E-state index contributed by atoms with van der Waals surface area (Å²) in [6, 6.07) is 6.46. The Hall–Kier alpha value is -1.66. The number of morpholine rings is 1. The summed E-state index contributed by atoms with van der Waals surface area (Å²) in [4.78, 5) is 12.5. The summed E-state index contributed by atoms with van der Waals surface area (Å²) in [5, 5.41) is 12.2. The highest BCUT2D eigenvalue weighted by Gasteiger charge is 2.41. The third-order valence-electron chi connectivity index (χ3n) is 4.88. The van der Waals surface area contributed by atoms with Gasteiger partial charge in [-0.2, -0.15) is 9.57 Å². The second-order valence-electron chi connectivity index (χ2n) is 6.52. The number of benzene rings is 1. The van der Waals surface area contributed by atoms with E-state index in [9.17, 15) is 18.5 Å². The van der Waals surface area contributed by atoms with Crippen LogP contribution in [0.2, 0.25) is 5.02 Å². The van der Waals surface area contributed by atoms with Crippen molar-refractivity contribution < 1.29 is 17.9 Å². The van der Waals surface area contributed by atoms with Gasteiger partial charge < -0.3 is 10.1 Å². The molecule has 0 spiro atoms. The molecule has 1 amide bonds. The van der Waals surface area contributed by atoms with Crippen LogP contribution >= 0.6 is 11.6 Å². The lowest BCUT2D eigenvalue weighted by atomic mass is 9.87. The number of nitriles is 1. The van der Waals surface area contributed by atoms with Crippen molar-refractivity contribution in [2.24, 2.45) is 5.41 Å². The van der Waals surface area contributed by atoms with Crippen LogP contribution < -0.4 is 5.32 Å². The van der Waals surface area contributed by atoms with Crippen LogP contribution in [0.1, 0.15) is 25.7 Å². The van der Waals surface area contributed by atoms with Crippen molar-refractivity contribution in [2.75, 3.05) is 31.6 Å². The Bertz CT molecular complexity index is 838. The van der Waals surface area contributed by atoms with Gasteiger partial charge in [0, 0.05) is 18.8 Å². The number of anilines is 1. The number of ether oxygens (including phenoxy) is 1. The molecule has 140 valence electrons. The van der Waals surface area contributed by atoms with Gasteiger partial charge in [-0.1, -0.05) is 24.4 Å². The van der Waals surface area contributed by atoms with Gasteiger partial charge in [0.15, 0.2) is 0 Å². The summed E-state index contributed by atoms with van der Waals surface area (Å²) in [6.45, 7) is 1.18. The second kappa shape index (κ2) is 7.53. The highest BCUT2D eigenvalue weighted by molar-refractivity contribution is 7.89. The molecule has 1 heterocycles. The van der Waals surface area contributed by atoms with Gasteiger partial charge in [-0.15, -0.1) is 0 Å². The van der Waals surface area contributed by atoms with Crippen molar-refractivity contribution in [3.8, 4) is 6.07 Å². The van der Waals surface area contributed by atoms with Crippen molar-refractivity contribution in [1.29, 1.82) is 5.26 Å². The van der Waals surface area contributed by atoms with Crippen molar-refractivity contribution >= 4 is 33.2 Å². The largest absolute Gasteiger partial charge is 0.379 e. The van der Waals surface area contributed by atoms with Gasteiger partial charge in [-0.25, -0.2) is 8.42 Å². The minimum atomic E-state index is -3.79. The van der Waals surface area contributed by atoms with Crippen molar-refractivity contribution in [2.45, 2.75) is 30.6 Å². The Morgan fingerprint density at radius 1 is 1.27 bits per heavy atom. The Balaban J connectivity index is 1.86. The zero-order valence-electron chi connectivity index (χ0n) is 14.2. The first-order valence-electron chi connectivity index (χ1n) is 8.49.